The average molecular weight is 254 g/mol. The Kier molecular flexibility index (Phi) is 2.60. The van der Waals surface area contributed by atoms with E-state index in [1.54, 1.807) is 11.3 Å². The molecule has 0 radical (unpaired) electrons. The molecule has 8 heavy (non-hydrogen) atoms. The lowest BCUT2D eigenvalue weighted by Gasteiger charge is -1.86. The van der Waals surface area contributed by atoms with Gasteiger partial charge < -0.3 is 0 Å². The van der Waals surface area contributed by atoms with E-state index in [9.17, 15) is 0 Å². The third kappa shape index (κ3) is 1.60. The smallest absolute Gasteiger partial charge is 0.157 e. The maximum atomic E-state index is 3.39. The van der Waals surface area contributed by atoms with Crippen LogP contribution >= 0.6 is 42.9 Å². The van der Waals surface area contributed by atoms with Gasteiger partial charge in [0.05, 0.1) is 0 Å². The molecule has 0 saturated heterocycles. The second-order valence-corrected chi connectivity index (χ2v) is 5.36. The highest BCUT2D eigenvalue weighted by Gasteiger charge is 2.06. The van der Waals surface area contributed by atoms with Crippen molar-refractivity contribution in [1.82, 2.24) is 0 Å². The monoisotopic (exact) mass is 252 g/mol. The van der Waals surface area contributed by atoms with Crippen molar-refractivity contribution >= 4 is 52.0 Å². The van der Waals surface area contributed by atoms with Crippen molar-refractivity contribution in [3.63, 3.8) is 0 Å². The molecule has 0 aromatic carbocycles. The fourth-order valence-electron chi connectivity index (χ4n) is 0.415. The van der Waals surface area contributed by atoms with Crippen LogP contribution in [0, 0.1) is 0 Å². The minimum atomic E-state index is 0.329. The van der Waals surface area contributed by atoms with E-state index in [0.717, 1.165) is 0 Å². The molecule has 0 fully saturated rings. The van der Waals surface area contributed by atoms with Crippen LogP contribution in [0.2, 0.25) is 0 Å². The Morgan fingerprint density at radius 1 is 1.50 bits per heavy atom. The molecule has 0 aliphatic heterocycles. The van der Waals surface area contributed by atoms with Crippen LogP contribution in [0.1, 0.15) is 0 Å². The number of thiophene rings is 1. The molecule has 0 N–H and O–H groups in total. The van der Waals surface area contributed by atoms with E-state index in [4.69, 9.17) is 0 Å². The number of hydrogen-bond donors (Lipinski definition) is 0. The van der Waals surface area contributed by atoms with Crippen LogP contribution in [0.15, 0.2) is 17.5 Å². The van der Waals surface area contributed by atoms with Crippen LogP contribution in [0.25, 0.3) is 0 Å². The highest BCUT2D eigenvalue weighted by atomic mass is 79.9. The summed E-state index contributed by atoms with van der Waals surface area (Å²) in [5, 5.41) is 2.06. The molecule has 1 rings (SSSR count). The molecule has 4 heteroatoms. The first-order valence-electron chi connectivity index (χ1n) is 2.12. The van der Waals surface area contributed by atoms with Crippen LogP contribution in [0.5, 0.6) is 0 Å². The lowest BCUT2D eigenvalue weighted by molar-refractivity contribution is 2.07. The predicted molar refractivity (Wildman–Crippen MR) is 47.6 cm³/mol. The number of hydrogen-bond acceptors (Lipinski definition) is 1. The van der Waals surface area contributed by atoms with Gasteiger partial charge in [-0.3, -0.25) is 0 Å². The van der Waals surface area contributed by atoms with Crippen molar-refractivity contribution < 1.29 is 0 Å². The summed E-state index contributed by atoms with van der Waals surface area (Å²) < 4.78 is 1.64. The first-order chi connectivity index (χ1) is 3.80. The van der Waals surface area contributed by atoms with E-state index in [-0.39, 0.29) is 0 Å². The number of halogens is 2. The van der Waals surface area contributed by atoms with Gasteiger partial charge in [0.2, 0.25) is 0 Å². The Bertz CT molecular complexity index is 149. The van der Waals surface area contributed by atoms with Crippen molar-refractivity contribution in [2.75, 3.05) is 0 Å². The summed E-state index contributed by atoms with van der Waals surface area (Å²) in [6.07, 6.45) is 0. The van der Waals surface area contributed by atoms with E-state index in [0.29, 0.717) is 4.36 Å². The fourth-order valence-corrected chi connectivity index (χ4v) is 1.94. The molecular weight excluding hydrogens is 251 g/mol. The van der Waals surface area contributed by atoms with Crippen LogP contribution in [-0.4, -0.2) is 4.36 Å². The number of rotatable bonds is 1. The molecule has 0 aliphatic rings. The van der Waals surface area contributed by atoms with Gasteiger partial charge in [0, 0.05) is 0 Å². The maximum Gasteiger partial charge on any atom is 0.339 e. The Balaban J connectivity index is 2.77. The zero-order valence-corrected chi connectivity index (χ0v) is 7.96. The van der Waals surface area contributed by atoms with E-state index in [1.165, 1.54) is 4.78 Å². The molecule has 42 valence electrons. The van der Waals surface area contributed by atoms with Crippen LogP contribution in [-0.2, 0) is 0 Å². The third-order valence-electron chi connectivity index (χ3n) is 0.758. The van der Waals surface area contributed by atoms with Crippen molar-refractivity contribution in [2.24, 2.45) is 0 Å². The van der Waals surface area contributed by atoms with Gasteiger partial charge in [-0.05, 0) is 10.2 Å². The average Bonchev–Trinajstić information content (AvgIpc) is 2.12. The molecule has 1 heterocycles. The van der Waals surface area contributed by atoms with E-state index < -0.39 is 0 Å². The molecule has 0 amide bonds. The van der Waals surface area contributed by atoms with E-state index >= 15 is 0 Å². The lowest BCUT2D eigenvalue weighted by Crippen LogP contribution is -2.10. The van der Waals surface area contributed by atoms with Gasteiger partial charge in [0.25, 0.3) is 0 Å². The van der Waals surface area contributed by atoms with Crippen molar-refractivity contribution in [1.29, 1.82) is 0 Å². The summed E-state index contributed by atoms with van der Waals surface area (Å²) in [5.41, 5.74) is 0. The highest BCUT2D eigenvalue weighted by Crippen LogP contribution is 2.06. The summed E-state index contributed by atoms with van der Waals surface area (Å²) >= 11 is 8.51. The van der Waals surface area contributed by atoms with Gasteiger partial charge in [0.1, 0.15) is 0 Å². The minimum absolute atomic E-state index is 0.329. The largest absolute Gasteiger partial charge is 0.339 e. The molecule has 0 spiro atoms. The molecular formula is C4H3BBr2S. The molecule has 1 aromatic heterocycles. The standard InChI is InChI=1S/C4H3BBr2S/c6-5(7)4-2-1-3-8-4/h1-3H. The maximum absolute atomic E-state index is 3.39. The predicted octanol–water partition coefficient (Wildman–Crippen LogP) is 2.23. The van der Waals surface area contributed by atoms with E-state index in [1.807, 2.05) is 6.07 Å². The quantitative estimate of drug-likeness (QED) is 0.674. The molecule has 0 atom stereocenters. The lowest BCUT2D eigenvalue weighted by atomic mass is 10.1. The molecule has 1 aromatic rings. The third-order valence-corrected chi connectivity index (χ3v) is 3.29. The van der Waals surface area contributed by atoms with Gasteiger partial charge in [0.15, 0.2) is 0 Å². The van der Waals surface area contributed by atoms with Crippen molar-refractivity contribution in [3.05, 3.63) is 17.5 Å². The molecule has 0 saturated carbocycles. The van der Waals surface area contributed by atoms with Gasteiger partial charge in [-0.25, -0.2) is 0 Å². The van der Waals surface area contributed by atoms with Gasteiger partial charge in [-0.15, -0.1) is 31.5 Å². The molecule has 0 bridgehead atoms. The minimum Gasteiger partial charge on any atom is -0.157 e. The van der Waals surface area contributed by atoms with Gasteiger partial charge in [-0.1, -0.05) is 12.1 Å². The summed E-state index contributed by atoms with van der Waals surface area (Å²) in [6.45, 7) is 0. The van der Waals surface area contributed by atoms with Crippen molar-refractivity contribution in [2.45, 2.75) is 0 Å². The van der Waals surface area contributed by atoms with Crippen LogP contribution in [0.4, 0.5) is 0 Å². The Labute approximate surface area is 69.3 Å². The second-order valence-electron chi connectivity index (χ2n) is 1.32. The summed E-state index contributed by atoms with van der Waals surface area (Å²) in [4.78, 5) is 0. The normalized spacial score (nSPS) is 9.25. The highest BCUT2D eigenvalue weighted by molar-refractivity contribution is 9.49. The van der Waals surface area contributed by atoms with Gasteiger partial charge >= 0.3 is 4.36 Å². The molecule has 0 aliphatic carbocycles. The van der Waals surface area contributed by atoms with Crippen LogP contribution < -0.4 is 4.78 Å². The summed E-state index contributed by atoms with van der Waals surface area (Å²) in [6, 6.07) is 4.12. The zero-order chi connectivity index (χ0) is 5.98. The van der Waals surface area contributed by atoms with Gasteiger partial charge in [-0.2, -0.15) is 11.3 Å². The Hall–Kier alpha value is 0.725. The summed E-state index contributed by atoms with van der Waals surface area (Å²) in [5.74, 6) is 0. The first kappa shape index (κ1) is 6.84. The molecule has 0 nitrogen and oxygen atoms in total. The Morgan fingerprint density at radius 3 is 2.50 bits per heavy atom. The molecule has 0 unspecified atom stereocenters. The van der Waals surface area contributed by atoms with Crippen molar-refractivity contribution in [3.8, 4) is 0 Å². The second kappa shape index (κ2) is 3.04. The SMILES string of the molecule is BrB(Br)c1cccs1. The summed E-state index contributed by atoms with van der Waals surface area (Å²) in [7, 11) is 0. The zero-order valence-electron chi connectivity index (χ0n) is 3.97. The first-order valence-corrected chi connectivity index (χ1v) is 4.83. The van der Waals surface area contributed by atoms with E-state index in [2.05, 4.69) is 43.0 Å². The fraction of sp³-hybridized carbons (Fsp3) is 0. The topological polar surface area (TPSA) is 0 Å². The van der Waals surface area contributed by atoms with Crippen LogP contribution in [0.3, 0.4) is 0 Å². The Morgan fingerprint density at radius 2 is 2.25 bits per heavy atom.